The highest BCUT2D eigenvalue weighted by Crippen LogP contribution is 2.19. The van der Waals surface area contributed by atoms with Crippen LogP contribution in [-0.2, 0) is 11.3 Å². The molecule has 0 aliphatic heterocycles. The summed E-state index contributed by atoms with van der Waals surface area (Å²) in [6, 6.07) is 16.7. The lowest BCUT2D eigenvalue weighted by Crippen LogP contribution is -2.43. The molecule has 1 atom stereocenters. The van der Waals surface area contributed by atoms with Crippen LogP contribution in [0.1, 0.15) is 23.9 Å². The lowest BCUT2D eigenvalue weighted by molar-refractivity contribution is -0.120. The van der Waals surface area contributed by atoms with E-state index in [9.17, 15) is 9.59 Å². The van der Waals surface area contributed by atoms with Crippen molar-refractivity contribution in [2.75, 3.05) is 18.6 Å². The first kappa shape index (κ1) is 20.7. The molecule has 0 bridgehead atoms. The van der Waals surface area contributed by atoms with Gasteiger partial charge in [0.25, 0.3) is 0 Å². The first-order valence-electron chi connectivity index (χ1n) is 9.44. The molecule has 0 fully saturated rings. The van der Waals surface area contributed by atoms with Crippen LogP contribution in [0, 0.1) is 0 Å². The SMILES string of the molecule is CSCC[C@H](NC(=O)CNC(=O)NCc1ccccc1)c1nc2ccccc2[nH]1. The number of hydrogen-bond donors (Lipinski definition) is 4. The van der Waals surface area contributed by atoms with Gasteiger partial charge in [-0.1, -0.05) is 42.5 Å². The van der Waals surface area contributed by atoms with Gasteiger partial charge in [-0.05, 0) is 36.1 Å². The fourth-order valence-corrected chi connectivity index (χ4v) is 3.37. The van der Waals surface area contributed by atoms with Gasteiger partial charge in [-0.15, -0.1) is 0 Å². The Kier molecular flexibility index (Phi) is 7.52. The number of benzene rings is 2. The van der Waals surface area contributed by atoms with Crippen LogP contribution in [0.2, 0.25) is 0 Å². The summed E-state index contributed by atoms with van der Waals surface area (Å²) in [4.78, 5) is 32.2. The smallest absolute Gasteiger partial charge is 0.315 e. The van der Waals surface area contributed by atoms with Crippen LogP contribution in [-0.4, -0.2) is 40.5 Å². The molecular weight excluding hydrogens is 386 g/mol. The van der Waals surface area contributed by atoms with Crippen molar-refractivity contribution in [1.29, 1.82) is 0 Å². The van der Waals surface area contributed by atoms with E-state index < -0.39 is 0 Å². The highest BCUT2D eigenvalue weighted by atomic mass is 32.2. The number of carbonyl (C=O) groups excluding carboxylic acids is 2. The number of nitrogens with zero attached hydrogens (tertiary/aromatic N) is 1. The standard InChI is InChI=1S/C21H25N5O2S/c1-29-12-11-18(20-25-16-9-5-6-10-17(16)26-20)24-19(27)14-23-21(28)22-13-15-7-3-2-4-8-15/h2-10,18H,11-14H2,1H3,(H,24,27)(H,25,26)(H2,22,23,28)/t18-/m0/s1. The van der Waals surface area contributed by atoms with Crippen molar-refractivity contribution in [1.82, 2.24) is 25.9 Å². The Morgan fingerprint density at radius 3 is 2.59 bits per heavy atom. The van der Waals surface area contributed by atoms with Gasteiger partial charge in [0.15, 0.2) is 0 Å². The van der Waals surface area contributed by atoms with Crippen molar-refractivity contribution < 1.29 is 9.59 Å². The van der Waals surface area contributed by atoms with Crippen LogP contribution in [0.5, 0.6) is 0 Å². The molecule has 0 saturated heterocycles. The number of H-pyrrole nitrogens is 1. The van der Waals surface area contributed by atoms with Gasteiger partial charge < -0.3 is 20.9 Å². The van der Waals surface area contributed by atoms with E-state index in [1.165, 1.54) is 0 Å². The van der Waals surface area contributed by atoms with Crippen molar-refractivity contribution in [2.24, 2.45) is 0 Å². The average molecular weight is 412 g/mol. The van der Waals surface area contributed by atoms with E-state index in [0.29, 0.717) is 6.54 Å². The minimum absolute atomic E-state index is 0.101. The summed E-state index contributed by atoms with van der Waals surface area (Å²) in [5.74, 6) is 1.35. The van der Waals surface area contributed by atoms with E-state index in [1.54, 1.807) is 11.8 Å². The molecule has 3 aromatic rings. The summed E-state index contributed by atoms with van der Waals surface area (Å²) in [5, 5.41) is 8.30. The number of carbonyl (C=O) groups is 2. The van der Waals surface area contributed by atoms with Crippen molar-refractivity contribution >= 4 is 34.7 Å². The maximum Gasteiger partial charge on any atom is 0.315 e. The predicted octanol–water partition coefficient (Wildman–Crippen LogP) is 2.97. The van der Waals surface area contributed by atoms with Crippen LogP contribution >= 0.6 is 11.8 Å². The summed E-state index contributed by atoms with van der Waals surface area (Å²) in [6.07, 6.45) is 2.77. The van der Waals surface area contributed by atoms with Crippen LogP contribution in [0.3, 0.4) is 0 Å². The molecule has 0 unspecified atom stereocenters. The Hall–Kier alpha value is -3.00. The molecule has 29 heavy (non-hydrogen) atoms. The highest BCUT2D eigenvalue weighted by molar-refractivity contribution is 7.98. The summed E-state index contributed by atoms with van der Waals surface area (Å²) < 4.78 is 0. The first-order valence-corrected chi connectivity index (χ1v) is 10.8. The second-order valence-electron chi connectivity index (χ2n) is 6.56. The Bertz CT molecular complexity index is 911. The van der Waals surface area contributed by atoms with E-state index in [2.05, 4.69) is 25.9 Å². The Labute approximate surface area is 174 Å². The molecule has 0 aliphatic rings. The average Bonchev–Trinajstić information content (AvgIpc) is 3.18. The predicted molar refractivity (Wildman–Crippen MR) is 117 cm³/mol. The van der Waals surface area contributed by atoms with Crippen molar-refractivity contribution in [3.05, 3.63) is 66.0 Å². The van der Waals surface area contributed by atoms with Gasteiger partial charge in [-0.3, -0.25) is 4.79 Å². The summed E-state index contributed by atoms with van der Waals surface area (Å²) >= 11 is 1.71. The van der Waals surface area contributed by atoms with Gasteiger partial charge in [-0.2, -0.15) is 11.8 Å². The third-order valence-corrected chi connectivity index (χ3v) is 5.03. The molecule has 0 spiro atoms. The maximum absolute atomic E-state index is 12.4. The Morgan fingerprint density at radius 1 is 1.07 bits per heavy atom. The number of amides is 3. The zero-order valence-corrected chi connectivity index (χ0v) is 17.1. The van der Waals surface area contributed by atoms with Crippen LogP contribution in [0.25, 0.3) is 11.0 Å². The van der Waals surface area contributed by atoms with Gasteiger partial charge >= 0.3 is 6.03 Å². The van der Waals surface area contributed by atoms with Crippen molar-refractivity contribution in [2.45, 2.75) is 19.0 Å². The topological polar surface area (TPSA) is 98.9 Å². The fraction of sp³-hybridized carbons (Fsp3) is 0.286. The molecule has 2 aromatic carbocycles. The van der Waals surface area contributed by atoms with Gasteiger partial charge in [0.05, 0.1) is 23.6 Å². The molecule has 1 aromatic heterocycles. The number of hydrogen-bond acceptors (Lipinski definition) is 4. The molecule has 152 valence electrons. The number of urea groups is 1. The van der Waals surface area contributed by atoms with Gasteiger partial charge in [0.2, 0.25) is 5.91 Å². The lowest BCUT2D eigenvalue weighted by Gasteiger charge is -2.16. The van der Waals surface area contributed by atoms with Gasteiger partial charge in [0, 0.05) is 6.54 Å². The minimum Gasteiger partial charge on any atom is -0.345 e. The Morgan fingerprint density at radius 2 is 1.83 bits per heavy atom. The zero-order valence-electron chi connectivity index (χ0n) is 16.3. The molecule has 4 N–H and O–H groups in total. The van der Waals surface area contributed by atoms with Crippen molar-refractivity contribution in [3.8, 4) is 0 Å². The van der Waals surface area contributed by atoms with E-state index in [0.717, 1.165) is 34.6 Å². The third-order valence-electron chi connectivity index (χ3n) is 4.39. The molecule has 0 saturated carbocycles. The number of aromatic amines is 1. The van der Waals surface area contributed by atoms with E-state index >= 15 is 0 Å². The zero-order chi connectivity index (χ0) is 20.5. The second kappa shape index (κ2) is 10.5. The molecule has 1 heterocycles. The number of para-hydroxylation sites is 2. The van der Waals surface area contributed by atoms with E-state index in [4.69, 9.17) is 0 Å². The minimum atomic E-state index is -0.381. The quantitative estimate of drug-likeness (QED) is 0.435. The van der Waals surface area contributed by atoms with E-state index in [-0.39, 0.29) is 24.5 Å². The van der Waals surface area contributed by atoms with Crippen molar-refractivity contribution in [3.63, 3.8) is 0 Å². The molecule has 0 radical (unpaired) electrons. The van der Waals surface area contributed by atoms with Gasteiger partial charge in [0.1, 0.15) is 5.82 Å². The summed E-state index contributed by atoms with van der Waals surface area (Å²) in [6.45, 7) is 0.306. The van der Waals surface area contributed by atoms with Gasteiger partial charge in [-0.25, -0.2) is 9.78 Å². The fourth-order valence-electron chi connectivity index (χ4n) is 2.90. The molecule has 7 nitrogen and oxygen atoms in total. The summed E-state index contributed by atoms with van der Waals surface area (Å²) in [5.41, 5.74) is 2.79. The molecule has 3 amide bonds. The lowest BCUT2D eigenvalue weighted by atomic mass is 10.2. The van der Waals surface area contributed by atoms with Crippen LogP contribution in [0.15, 0.2) is 54.6 Å². The third kappa shape index (κ3) is 6.25. The first-order chi connectivity index (χ1) is 14.2. The molecule has 0 aliphatic carbocycles. The normalized spacial score (nSPS) is 11.8. The molecule has 3 rings (SSSR count). The van der Waals surface area contributed by atoms with Crippen LogP contribution < -0.4 is 16.0 Å². The molecule has 8 heteroatoms. The van der Waals surface area contributed by atoms with Crippen LogP contribution in [0.4, 0.5) is 4.79 Å². The number of imidazole rings is 1. The number of thioether (sulfide) groups is 1. The summed E-state index contributed by atoms with van der Waals surface area (Å²) in [7, 11) is 0. The highest BCUT2D eigenvalue weighted by Gasteiger charge is 2.18. The Balaban J connectivity index is 1.52. The maximum atomic E-state index is 12.4. The second-order valence-corrected chi connectivity index (χ2v) is 7.55. The number of aromatic nitrogens is 2. The van der Waals surface area contributed by atoms with E-state index in [1.807, 2.05) is 60.9 Å². The monoisotopic (exact) mass is 411 g/mol. The number of nitrogens with one attached hydrogen (secondary N) is 4. The largest absolute Gasteiger partial charge is 0.345 e. The number of fused-ring (bicyclic) bond motifs is 1. The number of rotatable bonds is 9. The molecular formula is C21H25N5O2S.